The van der Waals surface area contributed by atoms with E-state index in [9.17, 15) is 12.8 Å². The van der Waals surface area contributed by atoms with Crippen LogP contribution in [0.5, 0.6) is 0 Å². The number of halogens is 1. The minimum atomic E-state index is -3.97. The van der Waals surface area contributed by atoms with Gasteiger partial charge in [-0.1, -0.05) is 59.7 Å². The van der Waals surface area contributed by atoms with Crippen molar-refractivity contribution < 1.29 is 12.8 Å². The molecule has 0 saturated heterocycles. The molecule has 31 heavy (non-hydrogen) atoms. The number of aryl methyl sites for hydroxylation is 2. The Kier molecular flexibility index (Phi) is 5.56. The molecule has 0 saturated carbocycles. The SMILES string of the molecule is Cc1ccc(-c2nc(NCc3ccc(F)cc3)n(S(=O)(=O)c3ccc(C)cc3)n2)cc1. The summed E-state index contributed by atoms with van der Waals surface area (Å²) in [6.45, 7) is 4.11. The molecule has 0 aliphatic rings. The first-order valence-corrected chi connectivity index (χ1v) is 11.1. The van der Waals surface area contributed by atoms with Crippen LogP contribution >= 0.6 is 0 Å². The second-order valence-electron chi connectivity index (χ2n) is 7.27. The molecule has 0 radical (unpaired) electrons. The lowest BCUT2D eigenvalue weighted by atomic mass is 10.1. The average molecular weight is 437 g/mol. The van der Waals surface area contributed by atoms with Crippen LogP contribution in [0.1, 0.15) is 16.7 Å². The summed E-state index contributed by atoms with van der Waals surface area (Å²) in [4.78, 5) is 4.55. The van der Waals surface area contributed by atoms with E-state index >= 15 is 0 Å². The van der Waals surface area contributed by atoms with Crippen molar-refractivity contribution in [3.8, 4) is 11.4 Å². The van der Waals surface area contributed by atoms with Crippen LogP contribution < -0.4 is 5.32 Å². The topological polar surface area (TPSA) is 76.9 Å². The van der Waals surface area contributed by atoms with Crippen molar-refractivity contribution in [2.45, 2.75) is 25.3 Å². The van der Waals surface area contributed by atoms with E-state index in [1.165, 1.54) is 12.1 Å². The summed E-state index contributed by atoms with van der Waals surface area (Å²) in [5.74, 6) is 0.0355. The van der Waals surface area contributed by atoms with Gasteiger partial charge in [-0.25, -0.2) is 4.39 Å². The van der Waals surface area contributed by atoms with Crippen molar-refractivity contribution in [1.29, 1.82) is 0 Å². The maximum absolute atomic E-state index is 13.3. The lowest BCUT2D eigenvalue weighted by Gasteiger charge is -2.09. The van der Waals surface area contributed by atoms with Gasteiger partial charge in [0.1, 0.15) is 5.82 Å². The van der Waals surface area contributed by atoms with Gasteiger partial charge in [-0.05, 0) is 43.7 Å². The van der Waals surface area contributed by atoms with Crippen LogP contribution in [-0.2, 0) is 16.6 Å². The molecule has 1 heterocycles. The summed E-state index contributed by atoms with van der Waals surface area (Å²) in [5, 5.41) is 7.33. The molecule has 6 nitrogen and oxygen atoms in total. The second kappa shape index (κ2) is 8.31. The highest BCUT2D eigenvalue weighted by Crippen LogP contribution is 2.23. The Morgan fingerprint density at radius 2 is 1.45 bits per heavy atom. The first kappa shape index (κ1) is 20.7. The number of rotatable bonds is 6. The van der Waals surface area contributed by atoms with Crippen LogP contribution in [0.15, 0.2) is 77.7 Å². The summed E-state index contributed by atoms with van der Waals surface area (Å²) in [6.07, 6.45) is 0. The second-order valence-corrected chi connectivity index (χ2v) is 9.03. The quantitative estimate of drug-likeness (QED) is 0.480. The fourth-order valence-corrected chi connectivity index (χ4v) is 4.19. The van der Waals surface area contributed by atoms with Gasteiger partial charge >= 0.3 is 0 Å². The normalized spacial score (nSPS) is 11.5. The number of nitrogens with zero attached hydrogens (tertiary/aromatic N) is 3. The van der Waals surface area contributed by atoms with Crippen molar-refractivity contribution in [1.82, 2.24) is 14.2 Å². The van der Waals surface area contributed by atoms with Gasteiger partial charge in [0.25, 0.3) is 10.0 Å². The third kappa shape index (κ3) is 4.49. The highest BCUT2D eigenvalue weighted by Gasteiger charge is 2.24. The standard InChI is InChI=1S/C23H21FN4O2S/c1-16-3-9-19(10-4-16)22-26-23(25-15-18-7-11-20(24)12-8-18)28(27-22)31(29,30)21-13-5-17(2)6-14-21/h3-14H,15H2,1-2H3,(H,25,26,27). The summed E-state index contributed by atoms with van der Waals surface area (Å²) in [7, 11) is -3.97. The predicted molar refractivity (Wildman–Crippen MR) is 118 cm³/mol. The Morgan fingerprint density at radius 1 is 0.871 bits per heavy atom. The smallest absolute Gasteiger partial charge is 0.286 e. The van der Waals surface area contributed by atoms with Gasteiger partial charge in [0, 0.05) is 12.1 Å². The van der Waals surface area contributed by atoms with Crippen LogP contribution in [0.3, 0.4) is 0 Å². The predicted octanol–water partition coefficient (Wildman–Crippen LogP) is 4.55. The molecule has 1 aromatic heterocycles. The van der Waals surface area contributed by atoms with Gasteiger partial charge in [-0.15, -0.1) is 9.19 Å². The Balaban J connectivity index is 1.74. The number of aromatic nitrogens is 3. The van der Waals surface area contributed by atoms with Gasteiger partial charge < -0.3 is 5.32 Å². The van der Waals surface area contributed by atoms with Crippen LogP contribution in [0.25, 0.3) is 11.4 Å². The number of nitrogens with one attached hydrogen (secondary N) is 1. The molecule has 0 amide bonds. The average Bonchev–Trinajstić information content (AvgIpc) is 3.19. The zero-order valence-electron chi connectivity index (χ0n) is 17.1. The minimum absolute atomic E-state index is 0.0838. The van der Waals surface area contributed by atoms with E-state index in [2.05, 4.69) is 15.4 Å². The highest BCUT2D eigenvalue weighted by molar-refractivity contribution is 7.90. The Hall–Kier alpha value is -3.52. The first-order valence-electron chi connectivity index (χ1n) is 9.67. The van der Waals surface area contributed by atoms with Crippen molar-refractivity contribution in [2.75, 3.05) is 5.32 Å². The number of hydrogen-bond donors (Lipinski definition) is 1. The fourth-order valence-electron chi connectivity index (χ4n) is 2.99. The molecular formula is C23H21FN4O2S. The van der Waals surface area contributed by atoms with Gasteiger partial charge in [0.05, 0.1) is 4.90 Å². The monoisotopic (exact) mass is 436 g/mol. The summed E-state index contributed by atoms with van der Waals surface area (Å²) < 4.78 is 40.7. The zero-order chi connectivity index (χ0) is 22.0. The molecule has 158 valence electrons. The maximum Gasteiger partial charge on any atom is 0.286 e. The molecule has 4 aromatic rings. The molecule has 0 atom stereocenters. The van der Waals surface area contributed by atoms with Crippen LogP contribution in [0.4, 0.5) is 10.3 Å². The molecule has 4 rings (SSSR count). The Labute approximate surface area is 180 Å². The number of hydrogen-bond acceptors (Lipinski definition) is 5. The summed E-state index contributed by atoms with van der Waals surface area (Å²) in [5.41, 5.74) is 3.51. The molecular weight excluding hydrogens is 415 g/mol. The van der Waals surface area contributed by atoms with Crippen molar-refractivity contribution in [2.24, 2.45) is 0 Å². The molecule has 0 unspecified atom stereocenters. The molecule has 8 heteroatoms. The first-order chi connectivity index (χ1) is 14.8. The van der Waals surface area contributed by atoms with Gasteiger partial charge in [0.2, 0.25) is 5.95 Å². The fraction of sp³-hybridized carbons (Fsp3) is 0.130. The summed E-state index contributed by atoms with van der Waals surface area (Å²) in [6, 6.07) is 20.0. The highest BCUT2D eigenvalue weighted by atomic mass is 32.2. The molecule has 0 aliphatic heterocycles. The Bertz CT molecular complexity index is 1300. The maximum atomic E-state index is 13.3. The Morgan fingerprint density at radius 3 is 2.06 bits per heavy atom. The van der Waals surface area contributed by atoms with Crippen LogP contribution in [-0.4, -0.2) is 22.6 Å². The molecule has 0 spiro atoms. The molecule has 0 bridgehead atoms. The van der Waals surface area contributed by atoms with Gasteiger partial charge in [-0.2, -0.15) is 13.4 Å². The van der Waals surface area contributed by atoms with E-state index in [1.807, 2.05) is 38.1 Å². The number of anilines is 1. The minimum Gasteiger partial charge on any atom is -0.349 e. The van der Waals surface area contributed by atoms with E-state index in [4.69, 9.17) is 0 Å². The van der Waals surface area contributed by atoms with Crippen LogP contribution in [0, 0.1) is 19.7 Å². The van der Waals surface area contributed by atoms with Gasteiger partial charge in [0.15, 0.2) is 5.82 Å². The van der Waals surface area contributed by atoms with E-state index < -0.39 is 10.0 Å². The van der Waals surface area contributed by atoms with Gasteiger partial charge in [-0.3, -0.25) is 0 Å². The molecule has 0 aliphatic carbocycles. The van der Waals surface area contributed by atoms with E-state index in [0.29, 0.717) is 5.56 Å². The van der Waals surface area contributed by atoms with E-state index in [0.717, 1.165) is 20.8 Å². The molecule has 1 N–H and O–H groups in total. The van der Waals surface area contributed by atoms with Crippen molar-refractivity contribution in [3.63, 3.8) is 0 Å². The lowest BCUT2D eigenvalue weighted by Crippen LogP contribution is -2.18. The van der Waals surface area contributed by atoms with Crippen molar-refractivity contribution >= 4 is 16.0 Å². The molecule has 3 aromatic carbocycles. The largest absolute Gasteiger partial charge is 0.349 e. The number of benzene rings is 3. The van der Waals surface area contributed by atoms with Crippen LogP contribution in [0.2, 0.25) is 0 Å². The summed E-state index contributed by atoms with van der Waals surface area (Å²) >= 11 is 0. The zero-order valence-corrected chi connectivity index (χ0v) is 17.9. The lowest BCUT2D eigenvalue weighted by molar-refractivity contribution is 0.580. The van der Waals surface area contributed by atoms with E-state index in [1.54, 1.807) is 36.4 Å². The van der Waals surface area contributed by atoms with Crippen molar-refractivity contribution in [3.05, 3.63) is 95.3 Å². The molecule has 0 fully saturated rings. The van der Waals surface area contributed by atoms with E-state index in [-0.39, 0.29) is 29.0 Å². The third-order valence-corrected chi connectivity index (χ3v) is 6.38. The third-order valence-electron chi connectivity index (χ3n) is 4.80.